The number of carbonyl (C=O) groups is 1. The number of carbonyl (C=O) groups excluding carboxylic acids is 1. The smallest absolute Gasteiger partial charge is 0.307 e. The molecule has 0 aromatic heterocycles. The van der Waals surface area contributed by atoms with Crippen molar-refractivity contribution in [1.29, 1.82) is 0 Å². The van der Waals surface area contributed by atoms with Crippen LogP contribution in [0.4, 0.5) is 0 Å². The van der Waals surface area contributed by atoms with Gasteiger partial charge in [0.05, 0.1) is 32.3 Å². The van der Waals surface area contributed by atoms with E-state index in [0.717, 1.165) is 32.5 Å². The number of esters is 1. The van der Waals surface area contributed by atoms with Crippen LogP contribution in [0.5, 0.6) is 0 Å². The van der Waals surface area contributed by atoms with Crippen molar-refractivity contribution in [1.82, 2.24) is 4.90 Å². The number of hydrogen-bond acceptors (Lipinski definition) is 5. The zero-order valence-corrected chi connectivity index (χ0v) is 10.6. The Kier molecular flexibility index (Phi) is 7.16. The summed E-state index contributed by atoms with van der Waals surface area (Å²) in [5.74, 6) is -0.119. The third-order valence-corrected chi connectivity index (χ3v) is 2.92. The van der Waals surface area contributed by atoms with Crippen LogP contribution >= 0.6 is 0 Å². The van der Waals surface area contributed by atoms with E-state index in [0.29, 0.717) is 19.6 Å². The monoisotopic (exact) mass is 245 g/mol. The fourth-order valence-electron chi connectivity index (χ4n) is 2.00. The van der Waals surface area contributed by atoms with Gasteiger partial charge in [-0.05, 0) is 19.8 Å². The summed E-state index contributed by atoms with van der Waals surface area (Å²) >= 11 is 0. The maximum atomic E-state index is 11.2. The summed E-state index contributed by atoms with van der Waals surface area (Å²) in [5, 5.41) is 8.66. The van der Waals surface area contributed by atoms with Crippen LogP contribution in [0, 0.1) is 0 Å². The van der Waals surface area contributed by atoms with Crippen LogP contribution in [-0.2, 0) is 14.3 Å². The van der Waals surface area contributed by atoms with Crippen molar-refractivity contribution in [2.24, 2.45) is 0 Å². The highest BCUT2D eigenvalue weighted by atomic mass is 16.5. The number of piperidine rings is 1. The molecule has 100 valence electrons. The molecular formula is C12H23NO4. The van der Waals surface area contributed by atoms with E-state index in [2.05, 4.69) is 4.90 Å². The van der Waals surface area contributed by atoms with Crippen LogP contribution in [0.2, 0.25) is 0 Å². The average molecular weight is 245 g/mol. The molecule has 0 saturated carbocycles. The first-order valence-corrected chi connectivity index (χ1v) is 6.36. The van der Waals surface area contributed by atoms with Gasteiger partial charge in [0.25, 0.3) is 0 Å². The van der Waals surface area contributed by atoms with Crippen molar-refractivity contribution in [3.63, 3.8) is 0 Å². The Hall–Kier alpha value is -0.650. The zero-order chi connectivity index (χ0) is 12.5. The highest BCUT2D eigenvalue weighted by Gasteiger charge is 2.19. The van der Waals surface area contributed by atoms with E-state index >= 15 is 0 Å². The first kappa shape index (κ1) is 14.4. The van der Waals surface area contributed by atoms with Gasteiger partial charge in [0.15, 0.2) is 0 Å². The Morgan fingerprint density at radius 3 is 2.71 bits per heavy atom. The van der Waals surface area contributed by atoms with Gasteiger partial charge in [-0.15, -0.1) is 0 Å². The molecular weight excluding hydrogens is 222 g/mol. The van der Waals surface area contributed by atoms with Gasteiger partial charge in [0.1, 0.15) is 0 Å². The first-order valence-electron chi connectivity index (χ1n) is 6.36. The second-order valence-corrected chi connectivity index (χ2v) is 4.19. The normalized spacial score (nSPS) is 18.2. The summed E-state index contributed by atoms with van der Waals surface area (Å²) in [7, 11) is 0. The molecule has 1 fully saturated rings. The Labute approximate surface area is 103 Å². The lowest BCUT2D eigenvalue weighted by Crippen LogP contribution is -2.38. The van der Waals surface area contributed by atoms with Gasteiger partial charge >= 0.3 is 5.97 Å². The highest BCUT2D eigenvalue weighted by molar-refractivity contribution is 5.69. The predicted octanol–water partition coefficient (Wildman–Crippen LogP) is 0.413. The Morgan fingerprint density at radius 2 is 2.12 bits per heavy atom. The minimum absolute atomic E-state index is 0.0864. The Morgan fingerprint density at radius 1 is 1.41 bits per heavy atom. The van der Waals surface area contributed by atoms with Crippen LogP contribution < -0.4 is 0 Å². The van der Waals surface area contributed by atoms with Gasteiger partial charge in [-0.2, -0.15) is 0 Å². The topological polar surface area (TPSA) is 59.0 Å². The van der Waals surface area contributed by atoms with Crippen molar-refractivity contribution in [2.45, 2.75) is 32.3 Å². The third kappa shape index (κ3) is 6.00. The molecule has 0 aromatic rings. The first-order chi connectivity index (χ1) is 8.26. The van der Waals surface area contributed by atoms with E-state index in [1.165, 1.54) is 0 Å². The molecule has 0 aromatic carbocycles. The quantitative estimate of drug-likeness (QED) is 0.658. The van der Waals surface area contributed by atoms with E-state index in [9.17, 15) is 4.79 Å². The summed E-state index contributed by atoms with van der Waals surface area (Å²) in [6.07, 6.45) is 2.68. The molecule has 0 unspecified atom stereocenters. The molecule has 0 bridgehead atoms. The number of hydrogen-bond donors (Lipinski definition) is 1. The number of aliphatic hydroxyl groups is 1. The van der Waals surface area contributed by atoms with Crippen molar-refractivity contribution in [3.05, 3.63) is 0 Å². The minimum atomic E-state index is -0.119. The van der Waals surface area contributed by atoms with Gasteiger partial charge in [-0.3, -0.25) is 4.79 Å². The van der Waals surface area contributed by atoms with Gasteiger partial charge in [0.2, 0.25) is 0 Å². The largest absolute Gasteiger partial charge is 0.466 e. The van der Waals surface area contributed by atoms with E-state index < -0.39 is 0 Å². The number of likely N-dealkylation sites (tertiary alicyclic amines) is 1. The molecule has 0 aliphatic carbocycles. The molecule has 5 heteroatoms. The highest BCUT2D eigenvalue weighted by Crippen LogP contribution is 2.13. The van der Waals surface area contributed by atoms with Crippen LogP contribution in [0.3, 0.4) is 0 Å². The molecule has 1 aliphatic rings. The van der Waals surface area contributed by atoms with Crippen LogP contribution in [0.25, 0.3) is 0 Å². The minimum Gasteiger partial charge on any atom is -0.466 e. The predicted molar refractivity (Wildman–Crippen MR) is 63.7 cm³/mol. The standard InChI is InChI=1S/C12H23NO4/c1-2-16-12(15)5-8-13-6-3-11(4-7-13)17-10-9-14/h11,14H,2-10H2,1H3. The van der Waals surface area contributed by atoms with Crippen molar-refractivity contribution in [2.75, 3.05) is 39.5 Å². The fraction of sp³-hybridized carbons (Fsp3) is 0.917. The number of aliphatic hydroxyl groups excluding tert-OH is 1. The van der Waals surface area contributed by atoms with Gasteiger partial charge in [-0.1, -0.05) is 0 Å². The summed E-state index contributed by atoms with van der Waals surface area (Å²) in [4.78, 5) is 13.4. The zero-order valence-electron chi connectivity index (χ0n) is 10.6. The lowest BCUT2D eigenvalue weighted by Gasteiger charge is -2.31. The van der Waals surface area contributed by atoms with Crippen LogP contribution in [0.1, 0.15) is 26.2 Å². The molecule has 17 heavy (non-hydrogen) atoms. The van der Waals surface area contributed by atoms with Gasteiger partial charge < -0.3 is 19.5 Å². The maximum Gasteiger partial charge on any atom is 0.307 e. The van der Waals surface area contributed by atoms with E-state index in [4.69, 9.17) is 14.6 Å². The van der Waals surface area contributed by atoms with E-state index in [1.807, 2.05) is 6.92 Å². The van der Waals surface area contributed by atoms with E-state index in [1.54, 1.807) is 0 Å². The third-order valence-electron chi connectivity index (χ3n) is 2.92. The number of ether oxygens (including phenoxy) is 2. The number of rotatable bonds is 7. The average Bonchev–Trinajstić information content (AvgIpc) is 2.35. The lowest BCUT2D eigenvalue weighted by atomic mass is 10.1. The Bertz CT molecular complexity index is 215. The van der Waals surface area contributed by atoms with Crippen LogP contribution in [0.15, 0.2) is 0 Å². The van der Waals surface area contributed by atoms with Gasteiger partial charge in [-0.25, -0.2) is 0 Å². The molecule has 1 N–H and O–H groups in total. The van der Waals surface area contributed by atoms with Crippen LogP contribution in [-0.4, -0.2) is 61.5 Å². The second kappa shape index (κ2) is 8.44. The molecule has 0 spiro atoms. The fourth-order valence-corrected chi connectivity index (χ4v) is 2.00. The molecule has 5 nitrogen and oxygen atoms in total. The Balaban J connectivity index is 2.08. The molecule has 1 rings (SSSR count). The molecule has 0 atom stereocenters. The molecule has 1 saturated heterocycles. The van der Waals surface area contributed by atoms with Crippen molar-refractivity contribution in [3.8, 4) is 0 Å². The summed E-state index contributed by atoms with van der Waals surface area (Å²) in [6, 6.07) is 0. The summed E-state index contributed by atoms with van der Waals surface area (Å²) < 4.78 is 10.4. The van der Waals surface area contributed by atoms with Gasteiger partial charge in [0, 0.05) is 19.6 Å². The second-order valence-electron chi connectivity index (χ2n) is 4.19. The number of nitrogens with zero attached hydrogens (tertiary/aromatic N) is 1. The SMILES string of the molecule is CCOC(=O)CCN1CCC(OCCO)CC1. The maximum absolute atomic E-state index is 11.2. The molecule has 0 amide bonds. The molecule has 1 heterocycles. The lowest BCUT2D eigenvalue weighted by molar-refractivity contribution is -0.143. The molecule has 1 aliphatic heterocycles. The van der Waals surface area contributed by atoms with Crippen molar-refractivity contribution >= 4 is 5.97 Å². The van der Waals surface area contributed by atoms with Crippen molar-refractivity contribution < 1.29 is 19.4 Å². The molecule has 0 radical (unpaired) electrons. The summed E-state index contributed by atoms with van der Waals surface area (Å²) in [5.41, 5.74) is 0. The van der Waals surface area contributed by atoms with E-state index in [-0.39, 0.29) is 18.7 Å². The summed E-state index contributed by atoms with van der Waals surface area (Å²) in [6.45, 7) is 5.46.